The molecule has 1 aromatic heterocycles. The van der Waals surface area contributed by atoms with Crippen LogP contribution in [-0.4, -0.2) is 12.1 Å². The van der Waals surface area contributed by atoms with Crippen molar-refractivity contribution in [3.63, 3.8) is 0 Å². The van der Waals surface area contributed by atoms with Crippen molar-refractivity contribution in [3.05, 3.63) is 81.5 Å². The molecule has 0 fully saturated rings. The lowest BCUT2D eigenvalue weighted by molar-refractivity contribution is 0.284. The summed E-state index contributed by atoms with van der Waals surface area (Å²) in [6.07, 6.45) is 0. The van der Waals surface area contributed by atoms with E-state index in [4.69, 9.17) is 9.47 Å². The van der Waals surface area contributed by atoms with Crippen LogP contribution in [-0.2, 0) is 6.61 Å². The number of ether oxygens (including phenoxy) is 2. The minimum absolute atomic E-state index is 0.0373. The number of aromatic amines is 1. The van der Waals surface area contributed by atoms with Gasteiger partial charge in [0.05, 0.1) is 7.11 Å². The number of aromatic nitrogens is 1. The number of H-pyrrole nitrogens is 1. The number of pyridine rings is 1. The number of rotatable bonds is 5. The second kappa shape index (κ2) is 7.75. The number of halogens is 1. The molecule has 1 N–H and O–H groups in total. The first-order valence-electron chi connectivity index (χ1n) is 8.21. The first kappa shape index (κ1) is 18.2. The number of nitrogens with one attached hydrogen (secondary N) is 1. The Balaban J connectivity index is 1.98. The topological polar surface area (TPSA) is 75.1 Å². The number of aryl methyl sites for hydroxylation is 1. The van der Waals surface area contributed by atoms with E-state index in [1.807, 2.05) is 6.07 Å². The van der Waals surface area contributed by atoms with Crippen LogP contribution in [0, 0.1) is 24.1 Å². The van der Waals surface area contributed by atoms with Gasteiger partial charge < -0.3 is 14.5 Å². The summed E-state index contributed by atoms with van der Waals surface area (Å²) in [7, 11) is 1.53. The summed E-state index contributed by atoms with van der Waals surface area (Å²) in [5, 5.41) is 9.34. The van der Waals surface area contributed by atoms with E-state index in [1.54, 1.807) is 43.3 Å². The van der Waals surface area contributed by atoms with E-state index in [1.165, 1.54) is 19.2 Å². The Bertz CT molecular complexity index is 1070. The fourth-order valence-corrected chi connectivity index (χ4v) is 2.73. The Kier molecular flexibility index (Phi) is 5.23. The Morgan fingerprint density at radius 3 is 2.52 bits per heavy atom. The molecule has 0 bridgehead atoms. The third-order valence-corrected chi connectivity index (χ3v) is 4.06. The smallest absolute Gasteiger partial charge is 0.266 e. The molecule has 0 spiro atoms. The fourth-order valence-electron chi connectivity index (χ4n) is 2.73. The van der Waals surface area contributed by atoms with Gasteiger partial charge in [0.15, 0.2) is 11.5 Å². The van der Waals surface area contributed by atoms with Gasteiger partial charge in [-0.1, -0.05) is 18.2 Å². The van der Waals surface area contributed by atoms with Crippen molar-refractivity contribution in [1.82, 2.24) is 4.98 Å². The van der Waals surface area contributed by atoms with Crippen LogP contribution in [0.1, 0.15) is 16.8 Å². The first-order valence-corrected chi connectivity index (χ1v) is 8.21. The summed E-state index contributed by atoms with van der Waals surface area (Å²) < 4.78 is 24.2. The zero-order valence-corrected chi connectivity index (χ0v) is 14.9. The highest BCUT2D eigenvalue weighted by atomic mass is 19.1. The largest absolute Gasteiger partial charge is 0.493 e. The molecular weight excluding hydrogens is 347 g/mol. The molecule has 27 heavy (non-hydrogen) atoms. The van der Waals surface area contributed by atoms with Crippen LogP contribution in [0.4, 0.5) is 4.39 Å². The molecule has 0 unspecified atom stereocenters. The van der Waals surface area contributed by atoms with E-state index in [-0.39, 0.29) is 18.0 Å². The molecule has 0 aliphatic rings. The molecule has 1 heterocycles. The maximum Gasteiger partial charge on any atom is 0.266 e. The predicted octanol–water partition coefficient (Wildman–Crippen LogP) is 3.95. The van der Waals surface area contributed by atoms with E-state index in [0.29, 0.717) is 28.3 Å². The molecule has 0 radical (unpaired) electrons. The number of benzene rings is 2. The number of hydrogen-bond acceptors (Lipinski definition) is 4. The van der Waals surface area contributed by atoms with E-state index in [9.17, 15) is 14.4 Å². The van der Waals surface area contributed by atoms with Crippen molar-refractivity contribution in [2.75, 3.05) is 7.11 Å². The zero-order valence-electron chi connectivity index (χ0n) is 14.9. The first-order chi connectivity index (χ1) is 13.0. The summed E-state index contributed by atoms with van der Waals surface area (Å²) in [6.45, 7) is 1.97. The van der Waals surface area contributed by atoms with Crippen LogP contribution in [0.25, 0.3) is 11.1 Å². The second-order valence-electron chi connectivity index (χ2n) is 5.96. The van der Waals surface area contributed by atoms with Crippen molar-refractivity contribution in [3.8, 4) is 28.7 Å². The summed E-state index contributed by atoms with van der Waals surface area (Å²) in [5.74, 6) is 0.661. The minimum atomic E-state index is -0.433. The lowest BCUT2D eigenvalue weighted by Gasteiger charge is -2.13. The quantitative estimate of drug-likeness (QED) is 0.744. The highest BCUT2D eigenvalue weighted by Crippen LogP contribution is 2.34. The monoisotopic (exact) mass is 364 g/mol. The molecule has 0 saturated carbocycles. The van der Waals surface area contributed by atoms with Crippen molar-refractivity contribution < 1.29 is 13.9 Å². The van der Waals surface area contributed by atoms with Gasteiger partial charge >= 0.3 is 0 Å². The van der Waals surface area contributed by atoms with Gasteiger partial charge in [-0.25, -0.2) is 4.39 Å². The second-order valence-corrected chi connectivity index (χ2v) is 5.96. The van der Waals surface area contributed by atoms with Crippen molar-refractivity contribution in [2.45, 2.75) is 13.5 Å². The maximum absolute atomic E-state index is 13.0. The Morgan fingerprint density at radius 1 is 1.11 bits per heavy atom. The molecule has 3 aromatic rings. The fraction of sp³-hybridized carbons (Fsp3) is 0.143. The van der Waals surface area contributed by atoms with Gasteiger partial charge in [-0.15, -0.1) is 0 Å². The van der Waals surface area contributed by atoms with E-state index >= 15 is 0 Å². The Hall–Kier alpha value is -3.59. The van der Waals surface area contributed by atoms with Crippen molar-refractivity contribution in [1.29, 1.82) is 5.26 Å². The van der Waals surface area contributed by atoms with Crippen molar-refractivity contribution >= 4 is 0 Å². The molecule has 136 valence electrons. The SMILES string of the molecule is COc1ccc(-c2cc(C)[nH]c(=O)c2C#N)cc1OCc1ccc(F)cc1. The Labute approximate surface area is 155 Å². The van der Waals surface area contributed by atoms with Gasteiger partial charge in [0.2, 0.25) is 0 Å². The van der Waals surface area contributed by atoms with Crippen LogP contribution in [0.2, 0.25) is 0 Å². The van der Waals surface area contributed by atoms with Gasteiger partial charge in [-0.3, -0.25) is 4.79 Å². The van der Waals surface area contributed by atoms with Gasteiger partial charge in [-0.2, -0.15) is 5.26 Å². The lowest BCUT2D eigenvalue weighted by Crippen LogP contribution is -2.12. The van der Waals surface area contributed by atoms with Gasteiger partial charge in [-0.05, 0) is 48.4 Å². The highest BCUT2D eigenvalue weighted by Gasteiger charge is 2.13. The molecular formula is C21H17FN2O3. The molecule has 0 aliphatic carbocycles. The predicted molar refractivity (Wildman–Crippen MR) is 99.2 cm³/mol. The maximum atomic E-state index is 13.0. The summed E-state index contributed by atoms with van der Waals surface area (Å²) in [6, 6.07) is 14.9. The molecule has 6 heteroatoms. The minimum Gasteiger partial charge on any atom is -0.493 e. The molecule has 3 rings (SSSR count). The average Bonchev–Trinajstić information content (AvgIpc) is 2.66. The van der Waals surface area contributed by atoms with Gasteiger partial charge in [0, 0.05) is 11.3 Å². The number of nitrogens with zero attached hydrogens (tertiary/aromatic N) is 1. The summed E-state index contributed by atoms with van der Waals surface area (Å²) in [5.41, 5.74) is 2.24. The Morgan fingerprint density at radius 2 is 1.85 bits per heavy atom. The number of methoxy groups -OCH3 is 1. The molecule has 5 nitrogen and oxygen atoms in total. The highest BCUT2D eigenvalue weighted by molar-refractivity contribution is 5.72. The van der Waals surface area contributed by atoms with Crippen LogP contribution >= 0.6 is 0 Å². The van der Waals surface area contributed by atoms with Crippen LogP contribution < -0.4 is 15.0 Å². The van der Waals surface area contributed by atoms with Gasteiger partial charge in [0.1, 0.15) is 24.1 Å². The lowest BCUT2D eigenvalue weighted by atomic mass is 10.0. The van der Waals surface area contributed by atoms with Gasteiger partial charge in [0.25, 0.3) is 5.56 Å². The van der Waals surface area contributed by atoms with Crippen LogP contribution in [0.3, 0.4) is 0 Å². The van der Waals surface area contributed by atoms with Crippen LogP contribution in [0.5, 0.6) is 11.5 Å². The third-order valence-electron chi connectivity index (χ3n) is 4.06. The standard InChI is InChI=1S/C21H17FN2O3/c1-13-9-17(18(11-23)21(25)24-13)15-5-8-19(26-2)20(10-15)27-12-14-3-6-16(22)7-4-14/h3-10H,12H2,1-2H3,(H,24,25). The number of hydrogen-bond donors (Lipinski definition) is 1. The molecule has 0 atom stereocenters. The average molecular weight is 364 g/mol. The third kappa shape index (κ3) is 3.98. The van der Waals surface area contributed by atoms with Crippen molar-refractivity contribution in [2.24, 2.45) is 0 Å². The molecule has 2 aromatic carbocycles. The summed E-state index contributed by atoms with van der Waals surface area (Å²) in [4.78, 5) is 14.7. The summed E-state index contributed by atoms with van der Waals surface area (Å²) >= 11 is 0. The van der Waals surface area contributed by atoms with E-state index in [2.05, 4.69) is 4.98 Å². The van der Waals surface area contributed by atoms with E-state index < -0.39 is 5.56 Å². The normalized spacial score (nSPS) is 10.3. The molecule has 0 amide bonds. The van der Waals surface area contributed by atoms with E-state index in [0.717, 1.165) is 5.56 Å². The number of nitriles is 1. The zero-order chi connectivity index (χ0) is 19.4. The molecule has 0 saturated heterocycles. The molecule has 0 aliphatic heterocycles. The van der Waals surface area contributed by atoms with Crippen LogP contribution in [0.15, 0.2) is 53.3 Å².